The lowest BCUT2D eigenvalue weighted by atomic mass is 9.78. The third kappa shape index (κ3) is 14.3. The second kappa shape index (κ2) is 25.1. The van der Waals surface area contributed by atoms with E-state index < -0.39 is 83.9 Å². The molecule has 3 aliphatic heterocycles. The monoisotopic (exact) mass is 914 g/mol. The second-order valence-corrected chi connectivity index (χ2v) is 19.6. The summed E-state index contributed by atoms with van der Waals surface area (Å²) in [6.07, 6.45) is 11.2. The van der Waals surface area contributed by atoms with Gasteiger partial charge in [0.25, 0.3) is 11.7 Å². The molecule has 3 N–H and O–H groups in total. The lowest BCUT2D eigenvalue weighted by Crippen LogP contribution is -2.61. The summed E-state index contributed by atoms with van der Waals surface area (Å²) < 4.78 is 29.4. The molecule has 15 atom stereocenters. The van der Waals surface area contributed by atoms with Crippen LogP contribution in [0, 0.1) is 35.5 Å². The standard InChI is InChI=1S/C51H79NO13/c1-30-16-12-11-13-17-31(2)42(61-8)28-38-21-19-36(7)51(60,65-38)48(57)49(58)52-23-15-14-18-39(52)50(59)64-43(33(4)26-37-20-22-40(53)44(27-37)62-9)29-41(54)32(3)25-35(6)46(56)47(63-10)45(55)34(5)24-30/h11-13,16-17,25,30,32-34,36-40,42-44,46-47,53,56,60H,14-15,18-24,26-29H2,1-10H3/b13-11?,16-12+,31-17?,35-25-/t30-,32+,33-,34+,36-,37+,38?,39?,40-,42+,43?,44-,46-,47+,51-/m1/s1. The van der Waals surface area contributed by atoms with E-state index in [1.807, 2.05) is 58.1 Å². The second-order valence-electron chi connectivity index (χ2n) is 19.6. The van der Waals surface area contributed by atoms with Gasteiger partial charge in [-0.3, -0.25) is 19.2 Å². The number of rotatable bonds is 6. The number of fused-ring (bicyclic) bond motifs is 3. The molecule has 2 saturated heterocycles. The van der Waals surface area contributed by atoms with Gasteiger partial charge in [0.1, 0.15) is 30.1 Å². The Morgan fingerprint density at radius 1 is 0.846 bits per heavy atom. The van der Waals surface area contributed by atoms with Crippen molar-refractivity contribution in [2.75, 3.05) is 27.9 Å². The van der Waals surface area contributed by atoms with Crippen LogP contribution in [0.4, 0.5) is 0 Å². The highest BCUT2D eigenvalue weighted by atomic mass is 16.6. The summed E-state index contributed by atoms with van der Waals surface area (Å²) in [4.78, 5) is 71.8. The molecule has 65 heavy (non-hydrogen) atoms. The molecule has 1 amide bonds. The maximum atomic E-state index is 14.4. The molecular formula is C51H79NO13. The lowest BCUT2D eigenvalue weighted by molar-refractivity contribution is -0.265. The molecule has 0 spiro atoms. The van der Waals surface area contributed by atoms with Gasteiger partial charge in [-0.05, 0) is 107 Å². The van der Waals surface area contributed by atoms with Crippen LogP contribution < -0.4 is 0 Å². The van der Waals surface area contributed by atoms with E-state index in [-0.39, 0.29) is 54.8 Å². The number of amides is 1. The Morgan fingerprint density at radius 2 is 1.57 bits per heavy atom. The molecule has 3 heterocycles. The molecule has 0 radical (unpaired) electrons. The van der Waals surface area contributed by atoms with Crippen LogP contribution in [-0.2, 0) is 47.7 Å². The molecule has 14 heteroatoms. The molecule has 366 valence electrons. The first kappa shape index (κ1) is 54.2. The Labute approximate surface area is 387 Å². The summed E-state index contributed by atoms with van der Waals surface area (Å²) in [5.74, 6) is -7.96. The van der Waals surface area contributed by atoms with E-state index in [9.17, 15) is 39.3 Å². The fraction of sp³-hybridized carbons (Fsp3) is 0.745. The molecule has 4 rings (SSSR count). The van der Waals surface area contributed by atoms with Gasteiger partial charge in [-0.1, -0.05) is 71.1 Å². The van der Waals surface area contributed by atoms with Crippen molar-refractivity contribution in [3.63, 3.8) is 0 Å². The molecule has 14 nitrogen and oxygen atoms in total. The molecule has 0 aromatic carbocycles. The molecule has 4 aliphatic rings. The largest absolute Gasteiger partial charge is 0.460 e. The number of esters is 1. The normalized spacial score (nSPS) is 39.1. The highest BCUT2D eigenvalue weighted by Gasteiger charge is 2.53. The average Bonchev–Trinajstić information content (AvgIpc) is 3.28. The van der Waals surface area contributed by atoms with E-state index in [0.717, 1.165) is 12.0 Å². The van der Waals surface area contributed by atoms with E-state index in [4.69, 9.17) is 23.7 Å². The molecule has 0 aromatic rings. The number of carbonyl (C=O) groups excluding carboxylic acids is 5. The minimum absolute atomic E-state index is 0.0193. The maximum absolute atomic E-state index is 14.4. The van der Waals surface area contributed by atoms with Gasteiger partial charge in [0.2, 0.25) is 5.79 Å². The summed E-state index contributed by atoms with van der Waals surface area (Å²) in [5.41, 5.74) is 1.27. The van der Waals surface area contributed by atoms with Crippen molar-refractivity contribution >= 4 is 29.2 Å². The van der Waals surface area contributed by atoms with Crippen LogP contribution in [0.1, 0.15) is 126 Å². The molecular weight excluding hydrogens is 835 g/mol. The molecule has 0 aromatic heterocycles. The number of allylic oxidation sites excluding steroid dienone is 6. The zero-order chi connectivity index (χ0) is 48.2. The number of ether oxygens (including phenoxy) is 5. The zero-order valence-electron chi connectivity index (χ0n) is 40.6. The van der Waals surface area contributed by atoms with E-state index in [1.54, 1.807) is 41.1 Å². The van der Waals surface area contributed by atoms with Crippen LogP contribution in [0.2, 0.25) is 0 Å². The summed E-state index contributed by atoms with van der Waals surface area (Å²) in [6.45, 7) is 12.7. The average molecular weight is 914 g/mol. The number of nitrogens with zero attached hydrogens (tertiary/aromatic N) is 1. The zero-order valence-corrected chi connectivity index (χ0v) is 40.6. The van der Waals surface area contributed by atoms with Gasteiger partial charge in [-0.25, -0.2) is 4.79 Å². The maximum Gasteiger partial charge on any atom is 0.329 e. The number of methoxy groups -OCH3 is 3. The van der Waals surface area contributed by atoms with Crippen LogP contribution in [0.25, 0.3) is 0 Å². The van der Waals surface area contributed by atoms with Gasteiger partial charge < -0.3 is 43.9 Å². The summed E-state index contributed by atoms with van der Waals surface area (Å²) in [5, 5.41) is 33.8. The molecule has 1 saturated carbocycles. The fourth-order valence-electron chi connectivity index (χ4n) is 10.1. The highest BCUT2D eigenvalue weighted by molar-refractivity contribution is 6.39. The van der Waals surface area contributed by atoms with E-state index in [0.29, 0.717) is 63.4 Å². The first-order valence-electron chi connectivity index (χ1n) is 23.9. The van der Waals surface area contributed by atoms with Gasteiger partial charge in [-0.15, -0.1) is 0 Å². The highest BCUT2D eigenvalue weighted by Crippen LogP contribution is 2.38. The van der Waals surface area contributed by atoms with Crippen LogP contribution in [0.3, 0.4) is 0 Å². The number of Topliss-reactive ketones (excluding diaryl/α,β-unsaturated/α-hetero) is 3. The summed E-state index contributed by atoms with van der Waals surface area (Å²) >= 11 is 0. The third-order valence-corrected chi connectivity index (χ3v) is 14.5. The fourth-order valence-corrected chi connectivity index (χ4v) is 10.1. The van der Waals surface area contributed by atoms with Crippen LogP contribution >= 0.6 is 0 Å². The topological polar surface area (TPSA) is 195 Å². The van der Waals surface area contributed by atoms with Crippen molar-refractivity contribution in [3.8, 4) is 0 Å². The van der Waals surface area contributed by atoms with Crippen LogP contribution in [-0.4, -0.2) is 132 Å². The molecule has 2 bridgehead atoms. The Hall–Kier alpha value is -3.37. The number of hydrogen-bond acceptors (Lipinski definition) is 13. The van der Waals surface area contributed by atoms with Crippen LogP contribution in [0.15, 0.2) is 47.6 Å². The number of hydrogen-bond donors (Lipinski definition) is 3. The van der Waals surface area contributed by atoms with Crippen molar-refractivity contribution in [3.05, 3.63) is 47.6 Å². The number of carbonyl (C=O) groups is 5. The Balaban J connectivity index is 1.70. The predicted octanol–water partition coefficient (Wildman–Crippen LogP) is 6.18. The summed E-state index contributed by atoms with van der Waals surface area (Å²) in [6, 6.07) is -1.14. The van der Waals surface area contributed by atoms with Gasteiger partial charge in [0.15, 0.2) is 5.78 Å². The minimum Gasteiger partial charge on any atom is -0.460 e. The lowest BCUT2D eigenvalue weighted by Gasteiger charge is -2.42. The Bertz CT molecular complexity index is 1760. The van der Waals surface area contributed by atoms with Crippen molar-refractivity contribution < 1.29 is 63.0 Å². The van der Waals surface area contributed by atoms with Gasteiger partial charge in [-0.2, -0.15) is 0 Å². The number of cyclic esters (lactones) is 1. The molecule has 3 fully saturated rings. The number of aliphatic hydroxyl groups excluding tert-OH is 2. The van der Waals surface area contributed by atoms with E-state index >= 15 is 0 Å². The third-order valence-electron chi connectivity index (χ3n) is 14.5. The minimum atomic E-state index is -2.43. The number of ketones is 3. The van der Waals surface area contributed by atoms with Crippen molar-refractivity contribution in [1.29, 1.82) is 0 Å². The molecule has 1 aliphatic carbocycles. The first-order chi connectivity index (χ1) is 30.7. The first-order valence-corrected chi connectivity index (χ1v) is 23.9. The Morgan fingerprint density at radius 3 is 2.25 bits per heavy atom. The van der Waals surface area contributed by atoms with Crippen molar-refractivity contribution in [2.24, 2.45) is 35.5 Å². The number of aliphatic hydroxyl groups is 3. The Kier molecular flexibility index (Phi) is 21.0. The van der Waals surface area contributed by atoms with Gasteiger partial charge >= 0.3 is 5.97 Å². The SMILES string of the molecule is CO[C@H]1CC2CC[C@@H](C)[C@@](O)(O2)C(=O)C(=O)N2CCCCC2C(=O)OC([C@H](C)C[C@@H]2CC[C@@H](O)[C@H](OC)C2)CC(=O)[C@@H](C)/C=C(/C)[C@@H](O)[C@@H](OC)C(=O)[C@@H](C)C[C@H](C)/C=C/C=CC=C1C. The van der Waals surface area contributed by atoms with Crippen molar-refractivity contribution in [1.82, 2.24) is 4.90 Å². The summed E-state index contributed by atoms with van der Waals surface area (Å²) in [7, 11) is 4.52. The number of piperidine rings is 1. The smallest absolute Gasteiger partial charge is 0.329 e. The predicted molar refractivity (Wildman–Crippen MR) is 245 cm³/mol. The van der Waals surface area contributed by atoms with Crippen LogP contribution in [0.5, 0.6) is 0 Å². The van der Waals surface area contributed by atoms with E-state index in [2.05, 4.69) is 0 Å². The quantitative estimate of drug-likeness (QED) is 0.156. The van der Waals surface area contributed by atoms with Crippen molar-refractivity contribution in [2.45, 2.75) is 180 Å². The van der Waals surface area contributed by atoms with Gasteiger partial charge in [0, 0.05) is 58.5 Å². The molecule has 3 unspecified atom stereocenters. The van der Waals surface area contributed by atoms with Gasteiger partial charge in [0.05, 0.1) is 24.4 Å². The van der Waals surface area contributed by atoms with E-state index in [1.165, 1.54) is 12.0 Å².